The first-order chi connectivity index (χ1) is 38.5. The van der Waals surface area contributed by atoms with Crippen LogP contribution in [0.5, 0.6) is 0 Å². The maximum Gasteiger partial charge on any atom is 0.300 e. The third kappa shape index (κ3) is 15.4. The molecule has 390 valence electrons. The van der Waals surface area contributed by atoms with E-state index in [9.17, 15) is 0 Å². The normalized spacial score (nSPS) is 12.7. The largest absolute Gasteiger partial charge is 0.453 e. The molecule has 10 rings (SSSR count). The van der Waals surface area contributed by atoms with Crippen LogP contribution in [0.3, 0.4) is 0 Å². The highest BCUT2D eigenvalue weighted by Crippen LogP contribution is 2.30. The second kappa shape index (κ2) is 26.9. The second-order valence-corrected chi connectivity index (χ2v) is 31.8. The van der Waals surface area contributed by atoms with E-state index in [1.54, 1.807) is 0 Å². The number of nitrogens with zero attached hydrogens (tertiary/aromatic N) is 1. The SMILES string of the molecule is C1=C(NO[Si](Cc2ccccc2)(Cc2ccccc2)Cc2ccccc2)C(=NO[Si](Cc2ccccc2)(Cc2ccccc2)Cc2ccccc2)C(NO[Si](Cc2ccccc2)(Cc2ccccc2)Cc2ccccc2)=CC1. The minimum absolute atomic E-state index is 0.617. The first kappa shape index (κ1) is 53.5. The zero-order valence-electron chi connectivity index (χ0n) is 44.4. The predicted octanol–water partition coefficient (Wildman–Crippen LogP) is 14.4. The second-order valence-electron chi connectivity index (χ2n) is 20.9. The van der Waals surface area contributed by atoms with Gasteiger partial charge in [0.05, 0.1) is 11.4 Å². The van der Waals surface area contributed by atoms with Crippen LogP contribution in [0.2, 0.25) is 0 Å². The Bertz CT molecular complexity index is 2840. The number of rotatable bonds is 26. The van der Waals surface area contributed by atoms with Crippen molar-refractivity contribution in [1.82, 2.24) is 11.0 Å². The van der Waals surface area contributed by atoms with Crippen molar-refractivity contribution in [2.45, 2.75) is 60.8 Å². The third-order valence-electron chi connectivity index (χ3n) is 14.6. The van der Waals surface area contributed by atoms with Crippen LogP contribution >= 0.6 is 0 Å². The monoisotopic (exact) mass is 1070 g/mol. The van der Waals surface area contributed by atoms with Crippen molar-refractivity contribution in [3.63, 3.8) is 0 Å². The van der Waals surface area contributed by atoms with E-state index in [1.807, 2.05) is 0 Å². The summed E-state index contributed by atoms with van der Waals surface area (Å²) in [6, 6.07) is 104. The highest BCUT2D eigenvalue weighted by Gasteiger charge is 2.42. The van der Waals surface area contributed by atoms with Gasteiger partial charge >= 0.3 is 0 Å². The van der Waals surface area contributed by atoms with Crippen molar-refractivity contribution in [2.75, 3.05) is 0 Å². The van der Waals surface area contributed by atoms with Gasteiger partial charge in [0, 0.05) is 18.1 Å². The Kier molecular flexibility index (Phi) is 18.5. The number of hydrogen-bond donors (Lipinski definition) is 2. The topological polar surface area (TPSA) is 64.1 Å². The third-order valence-corrected chi connectivity index (χ3v) is 25.6. The van der Waals surface area contributed by atoms with Crippen LogP contribution in [0.15, 0.2) is 302 Å². The molecular formula is C69H69N3O3Si3. The van der Waals surface area contributed by atoms with Crippen LogP contribution in [-0.4, -0.2) is 30.7 Å². The Labute approximate surface area is 465 Å². The number of allylic oxidation sites excluding steroid dienone is 2. The van der Waals surface area contributed by atoms with Crippen molar-refractivity contribution < 1.29 is 13.6 Å². The average Bonchev–Trinajstić information content (AvgIpc) is 3.51. The van der Waals surface area contributed by atoms with E-state index in [-0.39, 0.29) is 0 Å². The molecule has 9 aromatic rings. The maximum absolute atomic E-state index is 7.57. The van der Waals surface area contributed by atoms with Crippen molar-refractivity contribution in [1.29, 1.82) is 0 Å². The molecule has 9 heteroatoms. The van der Waals surface area contributed by atoms with Gasteiger partial charge in [-0.15, -0.1) is 0 Å². The molecule has 6 nitrogen and oxygen atoms in total. The molecule has 0 aromatic heterocycles. The number of hydrogen-bond acceptors (Lipinski definition) is 6. The molecule has 1 aliphatic carbocycles. The fraction of sp³-hybridized carbons (Fsp3) is 0.145. The summed E-state index contributed by atoms with van der Waals surface area (Å²) in [5.74, 6) is 0. The van der Waals surface area contributed by atoms with Gasteiger partial charge in [-0.05, 0) is 92.8 Å². The Morgan fingerprint density at radius 3 is 0.667 bits per heavy atom. The smallest absolute Gasteiger partial charge is 0.300 e. The summed E-state index contributed by atoms with van der Waals surface area (Å²) in [7, 11) is -8.64. The van der Waals surface area contributed by atoms with Gasteiger partial charge in [-0.2, -0.15) is 0 Å². The highest BCUT2D eigenvalue weighted by molar-refractivity contribution is 6.73. The van der Waals surface area contributed by atoms with Crippen molar-refractivity contribution in [3.05, 3.63) is 347 Å². The molecule has 78 heavy (non-hydrogen) atoms. The van der Waals surface area contributed by atoms with E-state index in [0.29, 0.717) is 12.1 Å². The van der Waals surface area contributed by atoms with Crippen LogP contribution < -0.4 is 11.0 Å². The number of nitrogens with one attached hydrogen (secondary N) is 2. The summed E-state index contributed by atoms with van der Waals surface area (Å²) in [5.41, 5.74) is 20.7. The van der Waals surface area contributed by atoms with Crippen LogP contribution in [0.25, 0.3) is 0 Å². The molecule has 1 aliphatic rings. The van der Waals surface area contributed by atoms with Gasteiger partial charge in [0.2, 0.25) is 16.6 Å². The fourth-order valence-electron chi connectivity index (χ4n) is 11.0. The molecule has 0 saturated carbocycles. The molecule has 0 saturated heterocycles. The van der Waals surface area contributed by atoms with E-state index < -0.39 is 25.0 Å². The molecule has 0 bridgehead atoms. The van der Waals surface area contributed by atoms with Gasteiger partial charge in [-0.1, -0.05) is 290 Å². The molecule has 0 fully saturated rings. The summed E-state index contributed by atoms with van der Waals surface area (Å²) in [5, 5.41) is 5.50. The van der Waals surface area contributed by atoms with Gasteiger partial charge in [0.15, 0.2) is 5.71 Å². The number of oxime groups is 1. The Morgan fingerprint density at radius 1 is 0.269 bits per heavy atom. The summed E-state index contributed by atoms with van der Waals surface area (Å²) in [4.78, 5) is 0. The van der Waals surface area contributed by atoms with Crippen molar-refractivity contribution in [3.8, 4) is 0 Å². The molecule has 0 heterocycles. The molecule has 0 spiro atoms. The van der Waals surface area contributed by atoms with E-state index in [2.05, 4.69) is 296 Å². The molecule has 0 radical (unpaired) electrons. The number of benzene rings is 9. The summed E-state index contributed by atoms with van der Waals surface area (Å²) >= 11 is 0. The molecular weight excluding hydrogens is 1000 g/mol. The lowest BCUT2D eigenvalue weighted by molar-refractivity contribution is 0.205. The molecule has 0 unspecified atom stereocenters. The lowest BCUT2D eigenvalue weighted by Gasteiger charge is -2.35. The molecule has 0 amide bonds. The Hall–Kier alpha value is -7.90. The maximum atomic E-state index is 7.57. The van der Waals surface area contributed by atoms with Crippen LogP contribution in [0.4, 0.5) is 0 Å². The summed E-state index contributed by atoms with van der Waals surface area (Å²) in [6.45, 7) is 0. The first-order valence-corrected chi connectivity index (χ1v) is 35.0. The van der Waals surface area contributed by atoms with Crippen LogP contribution in [-0.2, 0) is 68.0 Å². The minimum Gasteiger partial charge on any atom is -0.453 e. The van der Waals surface area contributed by atoms with Crippen molar-refractivity contribution >= 4 is 30.7 Å². The summed E-state index contributed by atoms with van der Waals surface area (Å²) < 4.78 is 22.7. The van der Waals surface area contributed by atoms with Crippen molar-refractivity contribution in [2.24, 2.45) is 5.16 Å². The van der Waals surface area contributed by atoms with E-state index >= 15 is 0 Å². The van der Waals surface area contributed by atoms with Crippen LogP contribution in [0, 0.1) is 0 Å². The van der Waals surface area contributed by atoms with Gasteiger partial charge in [-0.3, -0.25) is 11.0 Å². The lowest BCUT2D eigenvalue weighted by Crippen LogP contribution is -2.53. The van der Waals surface area contributed by atoms with E-state index in [4.69, 9.17) is 18.7 Å². The minimum atomic E-state index is -2.95. The standard InChI is InChI=1S/C69H69N3O3Si3/c1-10-29-58(30-11-1)49-76(50-59-31-12-2-13-32-59,51-60-33-14-3-15-34-60)73-70-67-47-28-48-68(71-74-77(52-61-35-16-4-17-36-61,53-62-37-18-5-19-38-62)54-63-39-20-6-21-40-63)69(67)72-75-78(55-64-41-22-7-23-42-64,56-65-43-24-8-25-44-65)57-66-45-26-9-27-46-66/h1-27,29-48,70-71H,28,49-57H2. The lowest BCUT2D eigenvalue weighted by atomic mass is 10.1. The van der Waals surface area contributed by atoms with Gasteiger partial charge in [-0.25, -0.2) is 0 Å². The zero-order chi connectivity index (χ0) is 53.0. The quantitative estimate of drug-likeness (QED) is 0.0418. The van der Waals surface area contributed by atoms with Crippen LogP contribution in [0.1, 0.15) is 56.5 Å². The molecule has 2 N–H and O–H groups in total. The highest BCUT2D eigenvalue weighted by atomic mass is 28.4. The van der Waals surface area contributed by atoms with E-state index in [0.717, 1.165) is 65.8 Å². The average molecular weight is 1070 g/mol. The van der Waals surface area contributed by atoms with Gasteiger partial charge < -0.3 is 13.6 Å². The van der Waals surface area contributed by atoms with Gasteiger partial charge in [0.1, 0.15) is 0 Å². The molecule has 0 atom stereocenters. The Morgan fingerprint density at radius 2 is 0.462 bits per heavy atom. The molecule has 0 aliphatic heterocycles. The molecule has 9 aromatic carbocycles. The number of hydroxylamine groups is 2. The zero-order valence-corrected chi connectivity index (χ0v) is 47.4. The first-order valence-electron chi connectivity index (χ1n) is 27.4. The predicted molar refractivity (Wildman–Crippen MR) is 326 cm³/mol. The van der Waals surface area contributed by atoms with E-state index in [1.165, 1.54) is 50.1 Å². The Balaban J connectivity index is 1.08. The fourth-order valence-corrected chi connectivity index (χ4v) is 22.5. The summed E-state index contributed by atoms with van der Waals surface area (Å²) in [6.07, 6.45) is 5.00. The van der Waals surface area contributed by atoms with Gasteiger partial charge in [0.25, 0.3) is 8.32 Å².